The number of thioether (sulfide) groups is 1. The second-order valence-corrected chi connectivity index (χ2v) is 11.7. The summed E-state index contributed by atoms with van der Waals surface area (Å²) in [4.78, 5) is 56.6. The number of rotatable bonds is 10. The van der Waals surface area contributed by atoms with Gasteiger partial charge in [0.2, 0.25) is 17.7 Å². The number of likely N-dealkylation sites (N-methyl/N-ethyl adjacent to an activating group) is 1. The van der Waals surface area contributed by atoms with Crippen LogP contribution in [-0.2, 0) is 19.2 Å². The monoisotopic (exact) mass is 537 g/mol. The normalized spacial score (nSPS) is 30.8. The minimum absolute atomic E-state index is 0.0271. The number of nitrogens with two attached hydrogens (primary N) is 1. The number of nitrogens with one attached hydrogen (secondary N) is 3. The molecule has 0 unspecified atom stereocenters. The first kappa shape index (κ1) is 27.8. The van der Waals surface area contributed by atoms with Crippen molar-refractivity contribution in [1.82, 2.24) is 30.7 Å². The fraction of sp³-hybridized carbons (Fsp3) is 0.750. The summed E-state index contributed by atoms with van der Waals surface area (Å²) >= 11 is 1.47. The summed E-state index contributed by atoms with van der Waals surface area (Å²) in [7, 11) is 1.67. The number of β-lactam (4-membered cyclic amide) rings is 1. The van der Waals surface area contributed by atoms with Gasteiger partial charge in [-0.05, 0) is 20.4 Å². The Kier molecular flexibility index (Phi) is 8.79. The molecule has 0 spiro atoms. The Hall–Kier alpha value is -2.19. The number of aliphatic carboxylic acids is 1. The molecule has 0 aromatic heterocycles. The molecule has 0 saturated carbocycles. The summed E-state index contributed by atoms with van der Waals surface area (Å²) in [5.74, 6) is -2.16. The van der Waals surface area contributed by atoms with Crippen LogP contribution in [0.5, 0.6) is 0 Å². The number of amides is 3. The Labute approximate surface area is 221 Å². The number of carboxylic acids is 1. The zero-order valence-corrected chi connectivity index (χ0v) is 22.6. The average molecular weight is 538 g/mol. The van der Waals surface area contributed by atoms with Crippen molar-refractivity contribution in [3.05, 3.63) is 10.6 Å². The predicted molar refractivity (Wildman–Crippen MR) is 139 cm³/mol. The summed E-state index contributed by atoms with van der Waals surface area (Å²) in [6.45, 7) is 8.93. The molecule has 0 aliphatic carbocycles. The molecule has 4 aliphatic rings. The topological polar surface area (TPSA) is 160 Å². The molecule has 12 nitrogen and oxygen atoms in total. The summed E-state index contributed by atoms with van der Waals surface area (Å²) in [6.07, 6.45) is 0.605. The number of piperazine rings is 1. The second kappa shape index (κ2) is 11.7. The van der Waals surface area contributed by atoms with Gasteiger partial charge in [-0.15, -0.1) is 11.8 Å². The molecule has 3 fully saturated rings. The van der Waals surface area contributed by atoms with E-state index in [2.05, 4.69) is 20.9 Å². The molecule has 0 bridgehead atoms. The average Bonchev–Trinajstić information content (AvgIpc) is 3.41. The van der Waals surface area contributed by atoms with E-state index < -0.39 is 17.9 Å². The molecule has 4 aliphatic heterocycles. The van der Waals surface area contributed by atoms with Crippen molar-refractivity contribution in [1.29, 1.82) is 0 Å². The van der Waals surface area contributed by atoms with E-state index in [1.165, 1.54) is 16.7 Å². The van der Waals surface area contributed by atoms with E-state index in [4.69, 9.17) is 5.73 Å². The lowest BCUT2D eigenvalue weighted by Crippen LogP contribution is -2.66. The van der Waals surface area contributed by atoms with E-state index in [9.17, 15) is 24.3 Å². The maximum absolute atomic E-state index is 13.1. The molecule has 0 aromatic rings. The van der Waals surface area contributed by atoms with E-state index >= 15 is 0 Å². The molecule has 4 rings (SSSR count). The van der Waals surface area contributed by atoms with E-state index in [1.54, 1.807) is 14.0 Å². The van der Waals surface area contributed by atoms with Gasteiger partial charge in [-0.3, -0.25) is 19.3 Å². The van der Waals surface area contributed by atoms with Gasteiger partial charge in [0, 0.05) is 67.9 Å². The smallest absolute Gasteiger partial charge is 0.353 e. The Morgan fingerprint density at radius 2 is 1.95 bits per heavy atom. The lowest BCUT2D eigenvalue weighted by atomic mass is 9.78. The fourth-order valence-corrected chi connectivity index (χ4v) is 7.49. The Morgan fingerprint density at radius 1 is 1.24 bits per heavy atom. The zero-order chi connectivity index (χ0) is 26.9. The first-order chi connectivity index (χ1) is 17.7. The van der Waals surface area contributed by atoms with E-state index in [-0.39, 0.29) is 53.2 Å². The fourth-order valence-electron chi connectivity index (χ4n) is 6.01. The number of fused-ring (bicyclic) bond motifs is 1. The van der Waals surface area contributed by atoms with Crippen molar-refractivity contribution in [2.24, 2.45) is 17.6 Å². The third-order valence-corrected chi connectivity index (χ3v) is 9.38. The van der Waals surface area contributed by atoms with Gasteiger partial charge in [0.1, 0.15) is 5.70 Å². The van der Waals surface area contributed by atoms with Gasteiger partial charge in [-0.1, -0.05) is 6.92 Å². The van der Waals surface area contributed by atoms with Crippen LogP contribution in [0, 0.1) is 11.8 Å². The molecule has 13 heteroatoms. The van der Waals surface area contributed by atoms with Crippen LogP contribution >= 0.6 is 11.8 Å². The van der Waals surface area contributed by atoms with Crippen LogP contribution in [0.25, 0.3) is 0 Å². The van der Waals surface area contributed by atoms with Gasteiger partial charge >= 0.3 is 5.97 Å². The van der Waals surface area contributed by atoms with Crippen molar-refractivity contribution in [3.8, 4) is 0 Å². The number of carboxylic acid groups (broad SMARTS) is 1. The van der Waals surface area contributed by atoms with Crippen molar-refractivity contribution in [3.63, 3.8) is 0 Å². The minimum atomic E-state index is -1.12. The number of carbonyl (C=O) groups is 4. The molecule has 3 saturated heterocycles. The number of carbonyl (C=O) groups excluding carboxylic acids is 3. The summed E-state index contributed by atoms with van der Waals surface area (Å²) < 4.78 is 0. The predicted octanol–water partition coefficient (Wildman–Crippen LogP) is -1.95. The lowest BCUT2D eigenvalue weighted by molar-refractivity contribution is -0.158. The lowest BCUT2D eigenvalue weighted by Gasteiger charge is -2.47. The SMILES string of the molecule is CNCC(=O)N[C@H](C)[C@H]1C(=O)N2C(C(=O)O)=C(S[C@@H]3CN[C@H](C(=O)N4CCN(CCN)CC4)C3)[C@H](C)[C@H]12. The van der Waals surface area contributed by atoms with Gasteiger partial charge in [0.05, 0.1) is 24.5 Å². The number of hydrogen-bond donors (Lipinski definition) is 5. The number of nitrogens with zero attached hydrogens (tertiary/aromatic N) is 3. The maximum atomic E-state index is 13.1. The standard InChI is InChI=1S/C24H39N7O5S/c1-13-19-18(14(2)28-17(32)12-26-3)23(34)31(19)20(24(35)36)21(13)37-15-10-16(27-11-15)22(33)30-8-6-29(5-4-25)7-9-30/h13-16,18-19,26-27H,4-12,25H2,1-3H3,(H,28,32)(H,35,36)/t13-,14-,15+,16+,18-,19-/m1/s1. The van der Waals surface area contributed by atoms with Gasteiger partial charge in [0.25, 0.3) is 0 Å². The molecular weight excluding hydrogens is 498 g/mol. The summed E-state index contributed by atoms with van der Waals surface area (Å²) in [5, 5.41) is 19.0. The Balaban J connectivity index is 1.38. The molecule has 0 aromatic carbocycles. The number of hydrogen-bond acceptors (Lipinski definition) is 9. The first-order valence-electron chi connectivity index (χ1n) is 13.0. The largest absolute Gasteiger partial charge is 0.477 e. The molecular formula is C24H39N7O5S. The van der Waals surface area contributed by atoms with Gasteiger partial charge in [0.15, 0.2) is 0 Å². The molecule has 0 radical (unpaired) electrons. The van der Waals surface area contributed by atoms with Gasteiger partial charge in [-0.25, -0.2) is 4.79 Å². The highest BCUT2D eigenvalue weighted by molar-refractivity contribution is 8.03. The Morgan fingerprint density at radius 3 is 2.57 bits per heavy atom. The van der Waals surface area contributed by atoms with Gasteiger partial charge < -0.3 is 36.6 Å². The molecule has 206 valence electrons. The highest BCUT2D eigenvalue weighted by Crippen LogP contribution is 2.51. The van der Waals surface area contributed by atoms with E-state index in [0.29, 0.717) is 37.5 Å². The van der Waals surface area contributed by atoms with Crippen molar-refractivity contribution in [2.75, 3.05) is 59.4 Å². The molecule has 4 heterocycles. The molecule has 37 heavy (non-hydrogen) atoms. The van der Waals surface area contributed by atoms with Crippen molar-refractivity contribution < 1.29 is 24.3 Å². The molecule has 6 N–H and O–H groups in total. The van der Waals surface area contributed by atoms with Crippen molar-refractivity contribution >= 4 is 35.5 Å². The Bertz CT molecular complexity index is 954. The summed E-state index contributed by atoms with van der Waals surface area (Å²) in [6, 6.07) is -1.00. The van der Waals surface area contributed by atoms with Crippen LogP contribution in [0.2, 0.25) is 0 Å². The molecule has 3 amide bonds. The highest BCUT2D eigenvalue weighted by atomic mass is 32.2. The van der Waals surface area contributed by atoms with Crippen LogP contribution in [0.15, 0.2) is 10.6 Å². The third-order valence-electron chi connectivity index (χ3n) is 7.87. The second-order valence-electron chi connectivity index (χ2n) is 10.3. The highest BCUT2D eigenvalue weighted by Gasteiger charge is 2.60. The first-order valence-corrected chi connectivity index (χ1v) is 13.9. The summed E-state index contributed by atoms with van der Waals surface area (Å²) in [5.41, 5.74) is 5.68. The van der Waals surface area contributed by atoms with Crippen LogP contribution in [0.4, 0.5) is 0 Å². The van der Waals surface area contributed by atoms with Crippen LogP contribution < -0.4 is 21.7 Å². The minimum Gasteiger partial charge on any atom is -0.477 e. The van der Waals surface area contributed by atoms with E-state index in [1.807, 2.05) is 11.8 Å². The zero-order valence-electron chi connectivity index (χ0n) is 21.7. The third kappa shape index (κ3) is 5.51. The quantitative estimate of drug-likeness (QED) is 0.198. The van der Waals surface area contributed by atoms with Crippen molar-refractivity contribution in [2.45, 2.75) is 43.6 Å². The van der Waals surface area contributed by atoms with Crippen LogP contribution in [-0.4, -0.2) is 126 Å². The van der Waals surface area contributed by atoms with Crippen LogP contribution in [0.3, 0.4) is 0 Å². The maximum Gasteiger partial charge on any atom is 0.353 e. The van der Waals surface area contributed by atoms with Crippen LogP contribution in [0.1, 0.15) is 20.3 Å². The molecule has 6 atom stereocenters. The van der Waals surface area contributed by atoms with Gasteiger partial charge in [-0.2, -0.15) is 0 Å². The van der Waals surface area contributed by atoms with E-state index in [0.717, 1.165) is 19.6 Å².